The monoisotopic (exact) mass is 219 g/mol. The molecule has 0 bridgehead atoms. The van der Waals surface area contributed by atoms with Gasteiger partial charge in [0.05, 0.1) is 18.8 Å². The lowest BCUT2D eigenvalue weighted by Gasteiger charge is -2.41. The topological polar surface area (TPSA) is 41.5 Å². The molecular weight excluding hydrogens is 198 g/mol. The Morgan fingerprint density at radius 3 is 3.00 bits per heavy atom. The Morgan fingerprint density at radius 1 is 1.64 bits per heavy atom. The van der Waals surface area contributed by atoms with Gasteiger partial charge in [-0.3, -0.25) is 0 Å². The van der Waals surface area contributed by atoms with Crippen LogP contribution in [-0.4, -0.2) is 48.5 Å². The number of hydrogen-bond acceptors (Lipinski definition) is 4. The molecule has 1 aliphatic heterocycles. The van der Waals surface area contributed by atoms with Crippen LogP contribution in [0.5, 0.6) is 0 Å². The molecule has 0 aromatic rings. The zero-order valence-corrected chi connectivity index (χ0v) is 9.90. The molecule has 0 saturated carbocycles. The van der Waals surface area contributed by atoms with Crippen molar-refractivity contribution in [1.82, 2.24) is 5.32 Å². The van der Waals surface area contributed by atoms with Gasteiger partial charge in [0.1, 0.15) is 0 Å². The van der Waals surface area contributed by atoms with E-state index in [1.165, 1.54) is 12.2 Å². The third kappa shape index (κ3) is 2.86. The van der Waals surface area contributed by atoms with Crippen molar-refractivity contribution in [1.29, 1.82) is 0 Å². The first-order valence-corrected chi connectivity index (χ1v) is 6.26. The van der Waals surface area contributed by atoms with Gasteiger partial charge in [-0.05, 0) is 18.6 Å². The average Bonchev–Trinajstić information content (AvgIpc) is 2.21. The van der Waals surface area contributed by atoms with Gasteiger partial charge >= 0.3 is 0 Å². The van der Waals surface area contributed by atoms with Gasteiger partial charge in [0.15, 0.2) is 0 Å². The summed E-state index contributed by atoms with van der Waals surface area (Å²) in [5, 5.41) is 13.4. The van der Waals surface area contributed by atoms with Gasteiger partial charge in [-0.15, -0.1) is 0 Å². The van der Waals surface area contributed by atoms with Gasteiger partial charge in [0.25, 0.3) is 0 Å². The van der Waals surface area contributed by atoms with Crippen molar-refractivity contribution in [2.75, 3.05) is 32.6 Å². The largest absolute Gasteiger partial charge is 0.394 e. The van der Waals surface area contributed by atoms with E-state index in [-0.39, 0.29) is 12.1 Å². The van der Waals surface area contributed by atoms with Gasteiger partial charge in [0.2, 0.25) is 0 Å². The van der Waals surface area contributed by atoms with E-state index in [0.29, 0.717) is 11.9 Å². The maximum Gasteiger partial charge on any atom is 0.0624 e. The number of hydrogen-bond donors (Lipinski definition) is 2. The maximum atomic E-state index is 9.49. The molecule has 0 amide bonds. The lowest BCUT2D eigenvalue weighted by Crippen LogP contribution is -2.57. The summed E-state index contributed by atoms with van der Waals surface area (Å²) in [6.45, 7) is 3.95. The quantitative estimate of drug-likeness (QED) is 0.673. The lowest BCUT2D eigenvalue weighted by atomic mass is 9.90. The molecule has 14 heavy (non-hydrogen) atoms. The number of nitrogens with one attached hydrogen (secondary N) is 1. The summed E-state index contributed by atoms with van der Waals surface area (Å²) in [5.41, 5.74) is -0.0819. The number of thioether (sulfide) groups is 1. The van der Waals surface area contributed by atoms with E-state index in [0.717, 1.165) is 13.0 Å². The van der Waals surface area contributed by atoms with E-state index in [2.05, 4.69) is 12.2 Å². The molecule has 3 nitrogen and oxygen atoms in total. The van der Waals surface area contributed by atoms with Crippen LogP contribution in [0.25, 0.3) is 0 Å². The van der Waals surface area contributed by atoms with Crippen LogP contribution in [0.1, 0.15) is 19.8 Å². The van der Waals surface area contributed by atoms with Crippen molar-refractivity contribution in [2.24, 2.45) is 0 Å². The zero-order valence-electron chi connectivity index (χ0n) is 9.08. The molecule has 1 fully saturated rings. The molecule has 0 radical (unpaired) electrons. The van der Waals surface area contributed by atoms with Crippen LogP contribution in [0, 0.1) is 0 Å². The van der Waals surface area contributed by atoms with Crippen LogP contribution in [0.2, 0.25) is 0 Å². The van der Waals surface area contributed by atoms with Gasteiger partial charge in [-0.1, -0.05) is 6.92 Å². The molecule has 84 valence electrons. The Morgan fingerprint density at radius 2 is 2.43 bits per heavy atom. The minimum atomic E-state index is -0.0819. The molecule has 1 aliphatic rings. The van der Waals surface area contributed by atoms with Gasteiger partial charge in [-0.25, -0.2) is 0 Å². The Hall–Kier alpha value is 0.230. The summed E-state index contributed by atoms with van der Waals surface area (Å²) in [5.74, 6) is 1.22. The fourth-order valence-corrected chi connectivity index (χ4v) is 3.17. The van der Waals surface area contributed by atoms with Crippen molar-refractivity contribution in [3.63, 3.8) is 0 Å². The van der Waals surface area contributed by atoms with Crippen LogP contribution in [0.4, 0.5) is 0 Å². The highest BCUT2D eigenvalue weighted by molar-refractivity contribution is 8.00. The van der Waals surface area contributed by atoms with E-state index in [1.807, 2.05) is 11.8 Å². The van der Waals surface area contributed by atoms with E-state index in [1.54, 1.807) is 7.11 Å². The second kappa shape index (κ2) is 5.95. The molecule has 4 heteroatoms. The van der Waals surface area contributed by atoms with Crippen molar-refractivity contribution in [3.05, 3.63) is 0 Å². The molecule has 0 aromatic carbocycles. The molecule has 0 aliphatic carbocycles. The molecule has 2 N–H and O–H groups in total. The molecule has 0 spiro atoms. The van der Waals surface area contributed by atoms with Crippen LogP contribution >= 0.6 is 11.8 Å². The van der Waals surface area contributed by atoms with Crippen molar-refractivity contribution in [3.8, 4) is 0 Å². The minimum Gasteiger partial charge on any atom is -0.394 e. The highest BCUT2D eigenvalue weighted by Crippen LogP contribution is 2.33. The third-order valence-electron chi connectivity index (χ3n) is 2.98. The van der Waals surface area contributed by atoms with Crippen LogP contribution in [0.15, 0.2) is 0 Å². The fraction of sp³-hybridized carbons (Fsp3) is 1.00. The van der Waals surface area contributed by atoms with Crippen molar-refractivity contribution >= 4 is 11.8 Å². The number of aliphatic hydroxyl groups excluding tert-OH is 1. The Bertz CT molecular complexity index is 168. The summed E-state index contributed by atoms with van der Waals surface area (Å²) < 4.78 is 5.01. The summed E-state index contributed by atoms with van der Waals surface area (Å²) in [7, 11) is 1.70. The van der Waals surface area contributed by atoms with Crippen LogP contribution in [-0.2, 0) is 4.74 Å². The van der Waals surface area contributed by atoms with Crippen LogP contribution < -0.4 is 5.32 Å². The number of rotatable bonds is 5. The number of methoxy groups -OCH3 is 1. The van der Waals surface area contributed by atoms with Crippen molar-refractivity contribution < 1.29 is 9.84 Å². The van der Waals surface area contributed by atoms with E-state index < -0.39 is 0 Å². The summed E-state index contributed by atoms with van der Waals surface area (Å²) in [6.07, 6.45) is 2.26. The summed E-state index contributed by atoms with van der Waals surface area (Å²) in [6, 6.07) is 0. The third-order valence-corrected chi connectivity index (χ3v) is 4.45. The second-order valence-corrected chi connectivity index (χ2v) is 5.30. The standard InChI is InChI=1S/C10H21NO2S/c1-9-10(8-12,4-3-7-14-9)11-5-6-13-2/h9,11-12H,3-8H2,1-2H3. The van der Waals surface area contributed by atoms with E-state index in [4.69, 9.17) is 4.74 Å². The first-order chi connectivity index (χ1) is 6.75. The van der Waals surface area contributed by atoms with Crippen molar-refractivity contribution in [2.45, 2.75) is 30.6 Å². The molecule has 0 aromatic heterocycles. The number of ether oxygens (including phenoxy) is 1. The average molecular weight is 219 g/mol. The predicted octanol–water partition coefficient (Wildman–Crippen LogP) is 0.869. The van der Waals surface area contributed by atoms with Gasteiger partial charge < -0.3 is 15.2 Å². The lowest BCUT2D eigenvalue weighted by molar-refractivity contribution is 0.128. The smallest absolute Gasteiger partial charge is 0.0624 e. The maximum absolute atomic E-state index is 9.49. The Kier molecular flexibility index (Phi) is 5.23. The number of aliphatic hydroxyl groups is 1. The molecular formula is C10H21NO2S. The first kappa shape index (κ1) is 12.3. The Balaban J connectivity index is 2.45. The Labute approximate surface area is 90.6 Å². The van der Waals surface area contributed by atoms with E-state index in [9.17, 15) is 5.11 Å². The SMILES string of the molecule is COCCNC1(CO)CCCSC1C. The van der Waals surface area contributed by atoms with Crippen LogP contribution in [0.3, 0.4) is 0 Å². The summed E-state index contributed by atoms with van der Waals surface area (Å²) >= 11 is 1.94. The molecule has 1 saturated heterocycles. The normalized spacial score (nSPS) is 33.2. The zero-order chi connectivity index (χ0) is 10.4. The fourth-order valence-electron chi connectivity index (χ4n) is 1.91. The molecule has 2 unspecified atom stereocenters. The highest BCUT2D eigenvalue weighted by Gasteiger charge is 2.37. The van der Waals surface area contributed by atoms with Gasteiger partial charge in [0, 0.05) is 18.9 Å². The van der Waals surface area contributed by atoms with Gasteiger partial charge in [-0.2, -0.15) is 11.8 Å². The predicted molar refractivity (Wildman–Crippen MR) is 60.8 cm³/mol. The molecule has 1 heterocycles. The minimum absolute atomic E-state index is 0.0819. The second-order valence-electron chi connectivity index (χ2n) is 3.85. The first-order valence-electron chi connectivity index (χ1n) is 5.21. The highest BCUT2D eigenvalue weighted by atomic mass is 32.2. The molecule has 2 atom stereocenters. The van der Waals surface area contributed by atoms with E-state index >= 15 is 0 Å². The summed E-state index contributed by atoms with van der Waals surface area (Å²) in [4.78, 5) is 0. The molecule has 1 rings (SSSR count).